The highest BCUT2D eigenvalue weighted by atomic mass is 35.5. The van der Waals surface area contributed by atoms with Crippen molar-refractivity contribution in [1.82, 2.24) is 0 Å². The second kappa shape index (κ2) is 5.32. The maximum absolute atomic E-state index is 10.9. The van der Waals surface area contributed by atoms with E-state index >= 15 is 0 Å². The predicted molar refractivity (Wildman–Crippen MR) is 62.4 cm³/mol. The quantitative estimate of drug-likeness (QED) is 0.796. The Morgan fingerprint density at radius 3 is 2.69 bits per heavy atom. The number of carbonyl (C=O) groups excluding carboxylic acids is 1. The zero-order valence-corrected chi connectivity index (χ0v) is 9.28. The van der Waals surface area contributed by atoms with Crippen LogP contribution in [0, 0.1) is 0 Å². The molecule has 1 aromatic carbocycles. The number of halogens is 1. The fraction of sp³-hybridized carbons (Fsp3) is 0.0909. The van der Waals surface area contributed by atoms with Crippen molar-refractivity contribution in [1.29, 1.82) is 0 Å². The molecule has 0 aromatic heterocycles. The van der Waals surface area contributed by atoms with Gasteiger partial charge in [0.15, 0.2) is 0 Å². The number of carboxylic acids is 1. The number of benzene rings is 1. The largest absolute Gasteiger partial charge is 0.478 e. The molecule has 5 heteroatoms. The lowest BCUT2D eigenvalue weighted by molar-refractivity contribution is -0.131. The zero-order valence-electron chi connectivity index (χ0n) is 8.53. The van der Waals surface area contributed by atoms with Gasteiger partial charge < -0.3 is 10.4 Å². The standard InChI is InChI=1S/C11H10ClNO3/c1-7(14)13-10-4-3-9(12)6-8(10)2-5-11(15)16/h2-6H,1H3,(H,13,14)(H,15,16)/b5-2+. The third-order valence-electron chi connectivity index (χ3n) is 1.73. The molecule has 0 radical (unpaired) electrons. The van der Waals surface area contributed by atoms with Gasteiger partial charge in [0.25, 0.3) is 0 Å². The smallest absolute Gasteiger partial charge is 0.328 e. The lowest BCUT2D eigenvalue weighted by Crippen LogP contribution is -2.06. The van der Waals surface area contributed by atoms with Crippen molar-refractivity contribution in [3.05, 3.63) is 34.9 Å². The fourth-order valence-electron chi connectivity index (χ4n) is 1.14. The van der Waals surface area contributed by atoms with Crippen LogP contribution in [0.1, 0.15) is 12.5 Å². The Labute approximate surface area is 97.5 Å². The van der Waals surface area contributed by atoms with Gasteiger partial charge in [-0.15, -0.1) is 0 Å². The van der Waals surface area contributed by atoms with Gasteiger partial charge in [0.1, 0.15) is 0 Å². The lowest BCUT2D eigenvalue weighted by atomic mass is 10.1. The van der Waals surface area contributed by atoms with E-state index in [1.54, 1.807) is 18.2 Å². The van der Waals surface area contributed by atoms with Crippen LogP contribution in [0.15, 0.2) is 24.3 Å². The number of rotatable bonds is 3. The SMILES string of the molecule is CC(=O)Nc1ccc(Cl)cc1/C=C/C(=O)O. The molecule has 0 aliphatic rings. The van der Waals surface area contributed by atoms with Gasteiger partial charge in [0, 0.05) is 23.7 Å². The Hall–Kier alpha value is -1.81. The monoisotopic (exact) mass is 239 g/mol. The van der Waals surface area contributed by atoms with Gasteiger partial charge in [0.2, 0.25) is 5.91 Å². The Balaban J connectivity index is 3.07. The Morgan fingerprint density at radius 2 is 2.12 bits per heavy atom. The first-order chi connectivity index (χ1) is 7.49. The summed E-state index contributed by atoms with van der Waals surface area (Å²) in [4.78, 5) is 21.3. The van der Waals surface area contributed by atoms with Crippen molar-refractivity contribution in [2.45, 2.75) is 6.92 Å². The molecular weight excluding hydrogens is 230 g/mol. The molecule has 4 nitrogen and oxygen atoms in total. The van der Waals surface area contributed by atoms with Crippen LogP contribution in [0.3, 0.4) is 0 Å². The molecule has 0 bridgehead atoms. The summed E-state index contributed by atoms with van der Waals surface area (Å²) in [6.45, 7) is 1.37. The summed E-state index contributed by atoms with van der Waals surface area (Å²) in [5.41, 5.74) is 1.07. The van der Waals surface area contributed by atoms with E-state index in [-0.39, 0.29) is 5.91 Å². The molecule has 2 N–H and O–H groups in total. The topological polar surface area (TPSA) is 66.4 Å². The first-order valence-electron chi connectivity index (χ1n) is 4.47. The molecule has 0 aliphatic heterocycles. The summed E-state index contributed by atoms with van der Waals surface area (Å²) in [6.07, 6.45) is 2.36. The number of anilines is 1. The van der Waals surface area contributed by atoms with E-state index in [2.05, 4.69) is 5.32 Å². The van der Waals surface area contributed by atoms with Gasteiger partial charge in [0.05, 0.1) is 0 Å². The average Bonchev–Trinajstić information content (AvgIpc) is 2.17. The van der Waals surface area contributed by atoms with Gasteiger partial charge in [-0.1, -0.05) is 11.6 Å². The van der Waals surface area contributed by atoms with Crippen LogP contribution in [0.25, 0.3) is 6.08 Å². The molecule has 0 unspecified atom stereocenters. The van der Waals surface area contributed by atoms with Crippen molar-refractivity contribution in [3.8, 4) is 0 Å². The molecule has 1 amide bonds. The first-order valence-corrected chi connectivity index (χ1v) is 4.85. The Morgan fingerprint density at radius 1 is 1.44 bits per heavy atom. The summed E-state index contributed by atoms with van der Waals surface area (Å²) < 4.78 is 0. The van der Waals surface area contributed by atoms with Crippen LogP contribution < -0.4 is 5.32 Å². The molecule has 0 fully saturated rings. The van der Waals surface area contributed by atoms with Crippen LogP contribution in [0.4, 0.5) is 5.69 Å². The molecule has 0 heterocycles. The minimum Gasteiger partial charge on any atom is -0.478 e. The highest BCUT2D eigenvalue weighted by Gasteiger charge is 2.02. The van der Waals surface area contributed by atoms with E-state index in [1.165, 1.54) is 13.0 Å². The number of hydrogen-bond acceptors (Lipinski definition) is 2. The maximum atomic E-state index is 10.9. The highest BCUT2D eigenvalue weighted by molar-refractivity contribution is 6.30. The lowest BCUT2D eigenvalue weighted by Gasteiger charge is -2.06. The minimum absolute atomic E-state index is 0.229. The fourth-order valence-corrected chi connectivity index (χ4v) is 1.32. The first kappa shape index (κ1) is 12.3. The van der Waals surface area contributed by atoms with E-state index in [4.69, 9.17) is 16.7 Å². The number of carboxylic acid groups (broad SMARTS) is 1. The van der Waals surface area contributed by atoms with Gasteiger partial charge in [-0.05, 0) is 29.8 Å². The third-order valence-corrected chi connectivity index (χ3v) is 1.96. The molecule has 1 aromatic rings. The summed E-state index contributed by atoms with van der Waals surface area (Å²) >= 11 is 5.77. The van der Waals surface area contributed by atoms with Crippen molar-refractivity contribution in [3.63, 3.8) is 0 Å². The molecule has 84 valence electrons. The van der Waals surface area contributed by atoms with Crippen LogP contribution in [0.2, 0.25) is 5.02 Å². The van der Waals surface area contributed by atoms with E-state index in [1.807, 2.05) is 0 Å². The minimum atomic E-state index is -1.06. The number of aliphatic carboxylic acids is 1. The number of carbonyl (C=O) groups is 2. The summed E-state index contributed by atoms with van der Waals surface area (Å²) in [5.74, 6) is -1.29. The van der Waals surface area contributed by atoms with E-state index in [9.17, 15) is 9.59 Å². The van der Waals surface area contributed by atoms with E-state index in [0.29, 0.717) is 16.3 Å². The van der Waals surface area contributed by atoms with Crippen molar-refractivity contribution < 1.29 is 14.7 Å². The number of hydrogen-bond donors (Lipinski definition) is 2. The summed E-state index contributed by atoms with van der Waals surface area (Å²) in [6, 6.07) is 4.81. The normalized spacial score (nSPS) is 10.4. The molecule has 0 atom stereocenters. The average molecular weight is 240 g/mol. The number of amides is 1. The van der Waals surface area contributed by atoms with Gasteiger partial charge >= 0.3 is 5.97 Å². The summed E-state index contributed by atoms with van der Waals surface area (Å²) in [7, 11) is 0. The summed E-state index contributed by atoms with van der Waals surface area (Å²) in [5, 5.41) is 11.6. The molecular formula is C11H10ClNO3. The van der Waals surface area contributed by atoms with Crippen molar-refractivity contribution >= 4 is 35.2 Å². The van der Waals surface area contributed by atoms with Crippen LogP contribution in [-0.4, -0.2) is 17.0 Å². The molecule has 0 saturated carbocycles. The second-order valence-corrected chi connectivity index (χ2v) is 3.52. The molecule has 0 saturated heterocycles. The Bertz CT molecular complexity index is 455. The van der Waals surface area contributed by atoms with Crippen molar-refractivity contribution in [2.75, 3.05) is 5.32 Å². The van der Waals surface area contributed by atoms with Gasteiger partial charge in [-0.3, -0.25) is 4.79 Å². The third kappa shape index (κ3) is 3.74. The highest BCUT2D eigenvalue weighted by Crippen LogP contribution is 2.22. The van der Waals surface area contributed by atoms with Crippen LogP contribution in [-0.2, 0) is 9.59 Å². The van der Waals surface area contributed by atoms with Gasteiger partial charge in [-0.25, -0.2) is 4.79 Å². The van der Waals surface area contributed by atoms with E-state index < -0.39 is 5.97 Å². The molecule has 16 heavy (non-hydrogen) atoms. The van der Waals surface area contributed by atoms with E-state index in [0.717, 1.165) is 6.08 Å². The van der Waals surface area contributed by atoms with Gasteiger partial charge in [-0.2, -0.15) is 0 Å². The zero-order chi connectivity index (χ0) is 12.1. The van der Waals surface area contributed by atoms with Crippen LogP contribution in [0.5, 0.6) is 0 Å². The van der Waals surface area contributed by atoms with Crippen LogP contribution >= 0.6 is 11.6 Å². The van der Waals surface area contributed by atoms with Crippen molar-refractivity contribution in [2.24, 2.45) is 0 Å². The molecule has 0 aliphatic carbocycles. The molecule has 1 rings (SSSR count). The number of nitrogens with one attached hydrogen (secondary N) is 1. The predicted octanol–water partition coefficient (Wildman–Crippen LogP) is 2.40. The Kier molecular flexibility index (Phi) is 4.08. The maximum Gasteiger partial charge on any atom is 0.328 e. The molecule has 0 spiro atoms. The second-order valence-electron chi connectivity index (χ2n) is 3.08.